The molecule has 1 N–H and O–H groups in total. The smallest absolute Gasteiger partial charge is 0.331 e. The van der Waals surface area contributed by atoms with E-state index in [0.29, 0.717) is 22.2 Å². The van der Waals surface area contributed by atoms with E-state index in [-0.39, 0.29) is 11.5 Å². The van der Waals surface area contributed by atoms with E-state index in [1.807, 2.05) is 42.7 Å². The summed E-state index contributed by atoms with van der Waals surface area (Å²) in [4.78, 5) is 28.0. The minimum absolute atomic E-state index is 0.0375. The average molecular weight is 378 g/mol. The number of aromatic hydroxyl groups is 1. The number of fused-ring (bicyclic) bond motifs is 1. The van der Waals surface area contributed by atoms with Gasteiger partial charge in [0, 0.05) is 34.8 Å². The summed E-state index contributed by atoms with van der Waals surface area (Å²) in [5.41, 5.74) is 4.93. The highest BCUT2D eigenvalue weighted by molar-refractivity contribution is 6.12. The molecular formula is C22H22N2O4. The molecule has 0 saturated heterocycles. The summed E-state index contributed by atoms with van der Waals surface area (Å²) < 4.78 is 1.98. The molecule has 0 atom stereocenters. The van der Waals surface area contributed by atoms with Crippen LogP contribution in [0.25, 0.3) is 16.6 Å². The number of Topliss-reactive ketones (excluding diaryl/α,β-unsaturated/α-hetero) is 1. The van der Waals surface area contributed by atoms with Crippen LogP contribution in [0.5, 0.6) is 5.75 Å². The van der Waals surface area contributed by atoms with Crippen molar-refractivity contribution in [3.63, 3.8) is 0 Å². The molecule has 1 heterocycles. The van der Waals surface area contributed by atoms with Gasteiger partial charge in [-0.1, -0.05) is 22.9 Å². The molecule has 0 saturated carbocycles. The van der Waals surface area contributed by atoms with Crippen LogP contribution in [0.15, 0.2) is 41.6 Å². The third kappa shape index (κ3) is 3.41. The number of carbonyl (C=O) groups excluding carboxylic acids is 2. The van der Waals surface area contributed by atoms with E-state index in [9.17, 15) is 14.7 Å². The van der Waals surface area contributed by atoms with Crippen molar-refractivity contribution in [1.82, 2.24) is 4.57 Å². The molecule has 144 valence electrons. The van der Waals surface area contributed by atoms with Crippen molar-refractivity contribution in [2.75, 3.05) is 0 Å². The van der Waals surface area contributed by atoms with Crippen molar-refractivity contribution in [3.8, 4) is 11.4 Å². The zero-order chi connectivity index (χ0) is 20.6. The summed E-state index contributed by atoms with van der Waals surface area (Å²) >= 11 is 0. The molecule has 0 bridgehead atoms. The molecule has 0 fully saturated rings. The molecule has 0 spiro atoms. The van der Waals surface area contributed by atoms with Crippen molar-refractivity contribution >= 4 is 28.4 Å². The molecule has 3 rings (SSSR count). The van der Waals surface area contributed by atoms with Gasteiger partial charge >= 0.3 is 5.97 Å². The standard InChI is InChI=1S/C22H22N2O4/c1-12-6-8-17(9-7-12)24-14(3)22(15(4)25)19-11-21(27)18(10-20(19)24)13(2)23-28-16(5)26/h6-11,27H,1-5H3/b23-13+. The SMILES string of the molecule is CC(=O)O/N=C(\C)c1cc2c(cc1O)c(C(C)=O)c(C)n2-c1ccc(C)cc1. The first-order valence-electron chi connectivity index (χ1n) is 8.89. The van der Waals surface area contributed by atoms with E-state index in [1.165, 1.54) is 13.8 Å². The molecule has 0 aliphatic carbocycles. The maximum atomic E-state index is 12.3. The first-order valence-corrected chi connectivity index (χ1v) is 8.89. The lowest BCUT2D eigenvalue weighted by molar-refractivity contribution is -0.140. The lowest BCUT2D eigenvalue weighted by Crippen LogP contribution is -2.01. The molecule has 0 unspecified atom stereocenters. The van der Waals surface area contributed by atoms with E-state index in [1.54, 1.807) is 19.1 Å². The monoisotopic (exact) mass is 378 g/mol. The van der Waals surface area contributed by atoms with Gasteiger partial charge in [0.25, 0.3) is 0 Å². The van der Waals surface area contributed by atoms with Gasteiger partial charge in [-0.2, -0.15) is 0 Å². The van der Waals surface area contributed by atoms with Gasteiger partial charge < -0.3 is 14.5 Å². The second-order valence-electron chi connectivity index (χ2n) is 6.83. The Kier molecular flexibility index (Phi) is 5.05. The van der Waals surface area contributed by atoms with Gasteiger partial charge in [-0.05, 0) is 52.0 Å². The van der Waals surface area contributed by atoms with E-state index in [2.05, 4.69) is 5.16 Å². The third-order valence-electron chi connectivity index (χ3n) is 4.67. The fraction of sp³-hybridized carbons (Fsp3) is 0.227. The van der Waals surface area contributed by atoms with Crippen LogP contribution in [0.2, 0.25) is 0 Å². The maximum Gasteiger partial charge on any atom is 0.331 e. The number of aromatic nitrogens is 1. The van der Waals surface area contributed by atoms with Crippen LogP contribution < -0.4 is 0 Å². The van der Waals surface area contributed by atoms with Crippen LogP contribution in [0, 0.1) is 13.8 Å². The van der Waals surface area contributed by atoms with Crippen LogP contribution >= 0.6 is 0 Å². The van der Waals surface area contributed by atoms with Crippen molar-refractivity contribution < 1.29 is 19.5 Å². The summed E-state index contributed by atoms with van der Waals surface area (Å²) in [6.07, 6.45) is 0. The van der Waals surface area contributed by atoms with Crippen LogP contribution in [-0.4, -0.2) is 27.1 Å². The molecule has 0 aliphatic heterocycles. The van der Waals surface area contributed by atoms with E-state index in [4.69, 9.17) is 4.84 Å². The first-order chi connectivity index (χ1) is 13.2. The lowest BCUT2D eigenvalue weighted by atomic mass is 10.0. The number of rotatable bonds is 4. The number of hydrogen-bond donors (Lipinski definition) is 1. The molecule has 6 nitrogen and oxygen atoms in total. The topological polar surface area (TPSA) is 80.9 Å². The van der Waals surface area contributed by atoms with E-state index in [0.717, 1.165) is 22.5 Å². The van der Waals surface area contributed by atoms with Crippen molar-refractivity contribution in [2.45, 2.75) is 34.6 Å². The maximum absolute atomic E-state index is 12.3. The molecule has 6 heteroatoms. The fourth-order valence-corrected chi connectivity index (χ4v) is 3.39. The normalized spacial score (nSPS) is 11.7. The number of hydrogen-bond acceptors (Lipinski definition) is 5. The third-order valence-corrected chi connectivity index (χ3v) is 4.67. The Morgan fingerprint density at radius 1 is 1.04 bits per heavy atom. The second-order valence-corrected chi connectivity index (χ2v) is 6.83. The second kappa shape index (κ2) is 7.31. The van der Waals surface area contributed by atoms with E-state index < -0.39 is 5.97 Å². The molecule has 0 amide bonds. The van der Waals surface area contributed by atoms with Gasteiger partial charge in [0.15, 0.2) is 5.78 Å². The van der Waals surface area contributed by atoms with Crippen LogP contribution in [0.3, 0.4) is 0 Å². The number of ketones is 1. The number of aryl methyl sites for hydroxylation is 1. The molecule has 0 aliphatic rings. The minimum Gasteiger partial charge on any atom is -0.507 e. The van der Waals surface area contributed by atoms with Crippen molar-refractivity contribution in [2.24, 2.45) is 5.16 Å². The van der Waals surface area contributed by atoms with Gasteiger partial charge in [-0.3, -0.25) is 4.79 Å². The summed E-state index contributed by atoms with van der Waals surface area (Å²) in [6.45, 7) is 8.30. The number of phenols is 1. The Balaban J connectivity index is 2.33. The molecule has 2 aromatic carbocycles. The predicted octanol–water partition coefficient (Wildman–Crippen LogP) is 4.44. The molecule has 1 aromatic heterocycles. The van der Waals surface area contributed by atoms with Gasteiger partial charge in [-0.15, -0.1) is 0 Å². The Morgan fingerprint density at radius 2 is 1.68 bits per heavy atom. The molecular weight excluding hydrogens is 356 g/mol. The van der Waals surface area contributed by atoms with Gasteiger partial charge in [-0.25, -0.2) is 4.79 Å². The Hall–Kier alpha value is -3.41. The van der Waals surface area contributed by atoms with Gasteiger partial charge in [0.2, 0.25) is 0 Å². The molecule has 28 heavy (non-hydrogen) atoms. The summed E-state index contributed by atoms with van der Waals surface area (Å²) in [5, 5.41) is 14.9. The Bertz CT molecular complexity index is 1120. The molecule has 3 aromatic rings. The summed E-state index contributed by atoms with van der Waals surface area (Å²) in [7, 11) is 0. The van der Waals surface area contributed by atoms with Crippen LogP contribution in [0.4, 0.5) is 0 Å². The quantitative estimate of drug-likeness (QED) is 0.315. The lowest BCUT2D eigenvalue weighted by Gasteiger charge is -2.10. The molecule has 0 radical (unpaired) electrons. The average Bonchev–Trinajstić information content (AvgIpc) is 2.90. The zero-order valence-corrected chi connectivity index (χ0v) is 16.5. The van der Waals surface area contributed by atoms with Crippen molar-refractivity contribution in [3.05, 3.63) is 58.8 Å². The largest absolute Gasteiger partial charge is 0.507 e. The van der Waals surface area contributed by atoms with Crippen LogP contribution in [0.1, 0.15) is 48.0 Å². The van der Waals surface area contributed by atoms with Crippen LogP contribution in [-0.2, 0) is 9.63 Å². The zero-order valence-electron chi connectivity index (χ0n) is 16.5. The number of phenolic OH excluding ortho intramolecular Hbond substituents is 1. The highest BCUT2D eigenvalue weighted by Gasteiger charge is 2.21. The number of benzene rings is 2. The van der Waals surface area contributed by atoms with Gasteiger partial charge in [0.1, 0.15) is 5.75 Å². The highest BCUT2D eigenvalue weighted by atomic mass is 16.7. The van der Waals surface area contributed by atoms with E-state index >= 15 is 0 Å². The number of oxime groups is 1. The highest BCUT2D eigenvalue weighted by Crippen LogP contribution is 2.34. The summed E-state index contributed by atoms with van der Waals surface area (Å²) in [5.74, 6) is -0.659. The summed E-state index contributed by atoms with van der Waals surface area (Å²) in [6, 6.07) is 11.3. The van der Waals surface area contributed by atoms with Crippen molar-refractivity contribution in [1.29, 1.82) is 0 Å². The first kappa shape index (κ1) is 19.4. The predicted molar refractivity (Wildman–Crippen MR) is 108 cm³/mol. The fourth-order valence-electron chi connectivity index (χ4n) is 3.39. The number of nitrogens with zero attached hydrogens (tertiary/aromatic N) is 2. The number of carbonyl (C=O) groups is 2. The Labute approximate surface area is 163 Å². The van der Waals surface area contributed by atoms with Gasteiger partial charge in [0.05, 0.1) is 11.2 Å². The Morgan fingerprint density at radius 3 is 2.25 bits per heavy atom. The minimum atomic E-state index is -0.544.